The minimum Gasteiger partial charge on any atom is -0.481 e. The molecule has 0 bridgehead atoms. The van der Waals surface area contributed by atoms with Crippen molar-refractivity contribution in [1.29, 1.82) is 0 Å². The smallest absolute Gasteiger partial charge is 0.410 e. The minimum absolute atomic E-state index is 0.180. The number of benzene rings is 1. The number of carbonyl (C=O) groups excluding carboxylic acids is 1. The molecule has 1 amide bonds. The van der Waals surface area contributed by atoms with Gasteiger partial charge in [-0.25, -0.2) is 4.79 Å². The van der Waals surface area contributed by atoms with Gasteiger partial charge in [-0.3, -0.25) is 4.79 Å². The number of carboxylic acids is 1. The van der Waals surface area contributed by atoms with E-state index >= 15 is 0 Å². The number of carbonyl (C=O) groups is 2. The highest BCUT2D eigenvalue weighted by molar-refractivity contribution is 14.1. The zero-order valence-electron chi connectivity index (χ0n) is 12.9. The van der Waals surface area contributed by atoms with Crippen LogP contribution in [0.3, 0.4) is 0 Å². The normalized spacial score (nSPS) is 21.7. The molecule has 2 rings (SSSR count). The number of carboxylic acid groups (broad SMARTS) is 1. The Balaban J connectivity index is 2.22. The quantitative estimate of drug-likeness (QED) is 0.750. The van der Waals surface area contributed by atoms with Crippen molar-refractivity contribution >= 4 is 34.7 Å². The molecule has 1 heterocycles. The van der Waals surface area contributed by atoms with Crippen molar-refractivity contribution in [3.63, 3.8) is 0 Å². The average Bonchev–Trinajstić information content (AvgIpc) is 2.82. The first-order chi connectivity index (χ1) is 10.2. The second-order valence-electron chi connectivity index (χ2n) is 6.46. The summed E-state index contributed by atoms with van der Waals surface area (Å²) in [5.41, 5.74) is 0.385. The third-order valence-corrected chi connectivity index (χ3v) is 4.58. The Bertz CT molecular complexity index is 582. The van der Waals surface area contributed by atoms with Gasteiger partial charge < -0.3 is 14.7 Å². The molecule has 0 aromatic heterocycles. The first-order valence-electron chi connectivity index (χ1n) is 7.14. The standard InChI is InChI=1S/C16H20INO4/c1-16(2,3)22-15(21)18-8-11(12(9-18)14(19)20)10-6-4-5-7-13(10)17/h4-7,11-12H,8-9H2,1-3H3,(H,19,20)/t11-,12+/m0/s1. The number of hydrogen-bond acceptors (Lipinski definition) is 3. The first-order valence-corrected chi connectivity index (χ1v) is 8.22. The Morgan fingerprint density at radius 2 is 1.91 bits per heavy atom. The number of nitrogens with zero attached hydrogens (tertiary/aromatic N) is 1. The van der Waals surface area contributed by atoms with Gasteiger partial charge in [-0.15, -0.1) is 0 Å². The molecule has 1 fully saturated rings. The molecule has 0 unspecified atom stereocenters. The van der Waals surface area contributed by atoms with Crippen LogP contribution in [0.15, 0.2) is 24.3 Å². The molecule has 6 heteroatoms. The molecule has 1 aromatic rings. The topological polar surface area (TPSA) is 66.8 Å². The molecule has 2 atom stereocenters. The molecule has 1 aliphatic heterocycles. The largest absolute Gasteiger partial charge is 0.481 e. The van der Waals surface area contributed by atoms with Crippen molar-refractivity contribution < 1.29 is 19.4 Å². The van der Waals surface area contributed by atoms with Crippen LogP contribution in [0.1, 0.15) is 32.3 Å². The van der Waals surface area contributed by atoms with E-state index in [1.165, 1.54) is 4.90 Å². The summed E-state index contributed by atoms with van der Waals surface area (Å²) in [6.07, 6.45) is -0.452. The molecule has 120 valence electrons. The van der Waals surface area contributed by atoms with Gasteiger partial charge in [0.15, 0.2) is 0 Å². The van der Waals surface area contributed by atoms with Crippen LogP contribution in [0, 0.1) is 9.49 Å². The van der Waals surface area contributed by atoms with E-state index in [-0.39, 0.29) is 12.5 Å². The van der Waals surface area contributed by atoms with Gasteiger partial charge in [0.2, 0.25) is 0 Å². The van der Waals surface area contributed by atoms with Crippen molar-refractivity contribution in [2.75, 3.05) is 13.1 Å². The van der Waals surface area contributed by atoms with Gasteiger partial charge in [0.1, 0.15) is 5.60 Å². The second kappa shape index (κ2) is 6.44. The monoisotopic (exact) mass is 417 g/mol. The van der Waals surface area contributed by atoms with E-state index in [0.29, 0.717) is 6.54 Å². The SMILES string of the molecule is CC(C)(C)OC(=O)N1C[C@@H](C(=O)O)[C@H](c2ccccc2I)C1. The highest BCUT2D eigenvalue weighted by atomic mass is 127. The third kappa shape index (κ3) is 3.91. The minimum atomic E-state index is -0.879. The maximum atomic E-state index is 12.2. The molecular formula is C16H20INO4. The van der Waals surface area contributed by atoms with Crippen molar-refractivity contribution in [3.8, 4) is 0 Å². The van der Waals surface area contributed by atoms with Gasteiger partial charge in [-0.1, -0.05) is 18.2 Å². The van der Waals surface area contributed by atoms with Gasteiger partial charge in [-0.2, -0.15) is 0 Å². The van der Waals surface area contributed by atoms with Crippen LogP contribution < -0.4 is 0 Å². The molecular weight excluding hydrogens is 397 g/mol. The summed E-state index contributed by atoms with van der Waals surface area (Å²) >= 11 is 2.20. The van der Waals surface area contributed by atoms with Gasteiger partial charge >= 0.3 is 12.1 Å². The molecule has 1 N–H and O–H groups in total. The number of ether oxygens (including phenoxy) is 1. The van der Waals surface area contributed by atoms with E-state index in [4.69, 9.17) is 4.74 Å². The Hall–Kier alpha value is -1.31. The molecule has 1 aromatic carbocycles. The molecule has 0 spiro atoms. The molecule has 0 saturated carbocycles. The Labute approximate surface area is 143 Å². The van der Waals surface area contributed by atoms with Gasteiger partial charge in [0.05, 0.1) is 5.92 Å². The predicted octanol–water partition coefficient (Wildman–Crippen LogP) is 3.33. The lowest BCUT2D eigenvalue weighted by molar-refractivity contribution is -0.141. The van der Waals surface area contributed by atoms with Crippen LogP contribution in [-0.4, -0.2) is 40.8 Å². The molecule has 1 saturated heterocycles. The summed E-state index contributed by atoms with van der Waals surface area (Å²) < 4.78 is 6.37. The lowest BCUT2D eigenvalue weighted by Gasteiger charge is -2.24. The van der Waals surface area contributed by atoms with Gasteiger partial charge in [-0.05, 0) is 55.0 Å². The molecule has 0 radical (unpaired) electrons. The van der Waals surface area contributed by atoms with Crippen molar-refractivity contribution in [2.24, 2.45) is 5.92 Å². The van der Waals surface area contributed by atoms with E-state index in [0.717, 1.165) is 9.13 Å². The zero-order valence-corrected chi connectivity index (χ0v) is 15.0. The Morgan fingerprint density at radius 3 is 2.45 bits per heavy atom. The van der Waals surface area contributed by atoms with Gasteiger partial charge in [0, 0.05) is 22.6 Å². The lowest BCUT2D eigenvalue weighted by atomic mass is 9.89. The maximum absolute atomic E-state index is 12.2. The van der Waals surface area contributed by atoms with Crippen molar-refractivity contribution in [3.05, 3.63) is 33.4 Å². The summed E-state index contributed by atoms with van der Waals surface area (Å²) in [5, 5.41) is 9.49. The number of aliphatic carboxylic acids is 1. The fourth-order valence-corrected chi connectivity index (χ4v) is 3.41. The van der Waals surface area contributed by atoms with Crippen molar-refractivity contribution in [1.82, 2.24) is 4.90 Å². The van der Waals surface area contributed by atoms with E-state index in [9.17, 15) is 14.7 Å². The second-order valence-corrected chi connectivity index (χ2v) is 7.62. The summed E-state index contributed by atoms with van der Waals surface area (Å²) in [6, 6.07) is 7.69. The van der Waals surface area contributed by atoms with Crippen LogP contribution in [0.4, 0.5) is 4.79 Å². The maximum Gasteiger partial charge on any atom is 0.410 e. The summed E-state index contributed by atoms with van der Waals surface area (Å²) in [4.78, 5) is 25.3. The van der Waals surface area contributed by atoms with E-state index in [2.05, 4.69) is 22.6 Å². The van der Waals surface area contributed by atoms with Gasteiger partial charge in [0.25, 0.3) is 0 Å². The Morgan fingerprint density at radius 1 is 1.27 bits per heavy atom. The van der Waals surface area contributed by atoms with Crippen LogP contribution in [-0.2, 0) is 9.53 Å². The number of amides is 1. The fourth-order valence-electron chi connectivity index (χ4n) is 2.62. The fraction of sp³-hybridized carbons (Fsp3) is 0.500. The van der Waals surface area contributed by atoms with Crippen LogP contribution >= 0.6 is 22.6 Å². The highest BCUT2D eigenvalue weighted by Gasteiger charge is 2.42. The van der Waals surface area contributed by atoms with Crippen molar-refractivity contribution in [2.45, 2.75) is 32.3 Å². The average molecular weight is 417 g/mol. The van der Waals surface area contributed by atoms with Crippen LogP contribution in [0.25, 0.3) is 0 Å². The molecule has 5 nitrogen and oxygen atoms in total. The van der Waals surface area contributed by atoms with E-state index in [1.54, 1.807) is 20.8 Å². The third-order valence-electron chi connectivity index (χ3n) is 3.59. The first kappa shape index (κ1) is 17.1. The van der Waals surface area contributed by atoms with Crippen LogP contribution in [0.2, 0.25) is 0 Å². The van der Waals surface area contributed by atoms with E-state index < -0.39 is 23.6 Å². The molecule has 22 heavy (non-hydrogen) atoms. The van der Waals surface area contributed by atoms with E-state index in [1.807, 2.05) is 24.3 Å². The summed E-state index contributed by atoms with van der Waals surface area (Å²) in [6.45, 7) is 5.94. The number of rotatable bonds is 2. The number of halogens is 1. The summed E-state index contributed by atoms with van der Waals surface area (Å²) in [5.74, 6) is -1.70. The molecule has 0 aliphatic carbocycles. The van der Waals surface area contributed by atoms with Crippen LogP contribution in [0.5, 0.6) is 0 Å². The zero-order chi connectivity index (χ0) is 16.5. The lowest BCUT2D eigenvalue weighted by Crippen LogP contribution is -2.35. The molecule has 1 aliphatic rings. The number of likely N-dealkylation sites (tertiary alicyclic amines) is 1. The Kier molecular flexibility index (Phi) is 4.99. The highest BCUT2D eigenvalue weighted by Crippen LogP contribution is 2.35. The number of hydrogen-bond donors (Lipinski definition) is 1. The summed E-state index contributed by atoms with van der Waals surface area (Å²) in [7, 11) is 0. The predicted molar refractivity (Wildman–Crippen MR) is 90.8 cm³/mol.